The lowest BCUT2D eigenvalue weighted by Gasteiger charge is -2.36. The predicted octanol–water partition coefficient (Wildman–Crippen LogP) is -2.24. The molecule has 0 radical (unpaired) electrons. The summed E-state index contributed by atoms with van der Waals surface area (Å²) in [6.07, 6.45) is -8.09. The number of alkyl halides is 1. The Labute approximate surface area is 68.0 Å². The van der Waals surface area contributed by atoms with Gasteiger partial charge in [-0.3, -0.25) is 0 Å². The van der Waals surface area contributed by atoms with E-state index >= 15 is 0 Å². The molecule has 3 unspecified atom stereocenters. The van der Waals surface area contributed by atoms with Gasteiger partial charge in [-0.1, -0.05) is 0 Å². The van der Waals surface area contributed by atoms with Gasteiger partial charge in [-0.25, -0.2) is 4.39 Å². The van der Waals surface area contributed by atoms with Crippen LogP contribution in [0.4, 0.5) is 4.39 Å². The normalized spacial score (nSPS) is 49.2. The molecule has 1 rings (SSSR count). The van der Waals surface area contributed by atoms with Crippen LogP contribution in [0.1, 0.15) is 0 Å². The summed E-state index contributed by atoms with van der Waals surface area (Å²) in [5, 5.41) is 35.4. The minimum atomic E-state index is -2.07. The number of hydrogen-bond donors (Lipinski definition) is 4. The van der Waals surface area contributed by atoms with Gasteiger partial charge in [0, 0.05) is 0 Å². The summed E-state index contributed by atoms with van der Waals surface area (Å²) in [5.74, 6) is 0. The van der Waals surface area contributed by atoms with Crippen molar-refractivity contribution in [3.8, 4) is 0 Å². The van der Waals surface area contributed by atoms with Crippen LogP contribution in [-0.2, 0) is 4.74 Å². The highest BCUT2D eigenvalue weighted by molar-refractivity contribution is 4.88. The minimum absolute atomic E-state index is 0.606. The van der Waals surface area contributed by atoms with Crippen LogP contribution in [0.5, 0.6) is 0 Å². The van der Waals surface area contributed by atoms with Crippen molar-refractivity contribution < 1.29 is 29.6 Å². The van der Waals surface area contributed by atoms with Crippen molar-refractivity contribution in [1.29, 1.82) is 0 Å². The molecule has 0 aromatic carbocycles. The van der Waals surface area contributed by atoms with E-state index in [9.17, 15) is 4.39 Å². The Kier molecular flexibility index (Phi) is 2.97. The predicted molar refractivity (Wildman–Crippen MR) is 34.9 cm³/mol. The average molecular weight is 182 g/mol. The Morgan fingerprint density at radius 3 is 2.17 bits per heavy atom. The molecule has 4 N–H and O–H groups in total. The van der Waals surface area contributed by atoms with Crippen LogP contribution in [0.2, 0.25) is 0 Å². The standard InChI is InChI=1S/C6H11FO5/c7-6-5(11)4(10)3(9)2(1-8)12-6/h2-6,8-11H,1H2/t2?,3-,4?,5?,6-/m0/s1. The monoisotopic (exact) mass is 182 g/mol. The van der Waals surface area contributed by atoms with Gasteiger partial charge < -0.3 is 25.2 Å². The zero-order valence-electron chi connectivity index (χ0n) is 6.17. The second-order valence-electron chi connectivity index (χ2n) is 2.68. The molecule has 6 heteroatoms. The van der Waals surface area contributed by atoms with Crippen molar-refractivity contribution in [2.24, 2.45) is 0 Å². The van der Waals surface area contributed by atoms with Gasteiger partial charge in [0.1, 0.15) is 24.4 Å². The summed E-state index contributed by atoms with van der Waals surface area (Å²) in [6.45, 7) is -0.606. The molecule has 0 spiro atoms. The third-order valence-electron chi connectivity index (χ3n) is 1.83. The minimum Gasteiger partial charge on any atom is -0.394 e. The van der Waals surface area contributed by atoms with Crippen LogP contribution in [-0.4, -0.2) is 57.8 Å². The molecule has 5 nitrogen and oxygen atoms in total. The smallest absolute Gasteiger partial charge is 0.228 e. The molecular weight excluding hydrogens is 171 g/mol. The molecule has 1 aliphatic heterocycles. The molecule has 0 aromatic heterocycles. The highest BCUT2D eigenvalue weighted by atomic mass is 19.1. The van der Waals surface area contributed by atoms with Gasteiger partial charge in [0.15, 0.2) is 0 Å². The van der Waals surface area contributed by atoms with Crippen LogP contribution in [0.15, 0.2) is 0 Å². The van der Waals surface area contributed by atoms with Crippen LogP contribution in [0.3, 0.4) is 0 Å². The Balaban J connectivity index is 2.63. The molecule has 1 saturated heterocycles. The number of aliphatic hydroxyl groups excluding tert-OH is 4. The molecule has 0 saturated carbocycles. The summed E-state index contributed by atoms with van der Waals surface area (Å²) in [7, 11) is 0. The SMILES string of the molecule is OCC1O[C@H](F)C(O)C(O)[C@H]1O. The fraction of sp³-hybridized carbons (Fsp3) is 1.00. The fourth-order valence-electron chi connectivity index (χ4n) is 1.06. The Morgan fingerprint density at radius 2 is 1.67 bits per heavy atom. The molecule has 1 aliphatic rings. The molecule has 1 heterocycles. The molecule has 12 heavy (non-hydrogen) atoms. The molecule has 0 aromatic rings. The van der Waals surface area contributed by atoms with Crippen molar-refractivity contribution in [2.75, 3.05) is 6.61 Å². The van der Waals surface area contributed by atoms with E-state index in [-0.39, 0.29) is 0 Å². The van der Waals surface area contributed by atoms with E-state index in [1.165, 1.54) is 0 Å². The first-order valence-electron chi connectivity index (χ1n) is 3.52. The Hall–Kier alpha value is -0.270. The van der Waals surface area contributed by atoms with E-state index in [0.717, 1.165) is 0 Å². The van der Waals surface area contributed by atoms with Crippen LogP contribution < -0.4 is 0 Å². The van der Waals surface area contributed by atoms with E-state index in [4.69, 9.17) is 20.4 Å². The average Bonchev–Trinajstić information content (AvgIpc) is 2.08. The lowest BCUT2D eigenvalue weighted by Crippen LogP contribution is -2.57. The number of aliphatic hydroxyl groups is 4. The van der Waals surface area contributed by atoms with Crippen molar-refractivity contribution in [1.82, 2.24) is 0 Å². The maximum atomic E-state index is 12.6. The first kappa shape index (κ1) is 9.82. The molecule has 5 atom stereocenters. The van der Waals surface area contributed by atoms with E-state index in [1.807, 2.05) is 0 Å². The summed E-state index contributed by atoms with van der Waals surface area (Å²) in [4.78, 5) is 0. The number of hydrogen-bond acceptors (Lipinski definition) is 5. The topological polar surface area (TPSA) is 90.2 Å². The quantitative estimate of drug-likeness (QED) is 0.368. The van der Waals surface area contributed by atoms with E-state index in [0.29, 0.717) is 0 Å². The fourth-order valence-corrected chi connectivity index (χ4v) is 1.06. The van der Waals surface area contributed by atoms with Gasteiger partial charge in [0.25, 0.3) is 0 Å². The second kappa shape index (κ2) is 3.63. The van der Waals surface area contributed by atoms with E-state index in [1.54, 1.807) is 0 Å². The number of rotatable bonds is 1. The highest BCUT2D eigenvalue weighted by Gasteiger charge is 2.43. The lowest BCUT2D eigenvalue weighted by molar-refractivity contribution is -0.262. The summed E-state index contributed by atoms with van der Waals surface area (Å²) in [6, 6.07) is 0. The van der Waals surface area contributed by atoms with Gasteiger partial charge >= 0.3 is 0 Å². The molecular formula is C6H11FO5. The van der Waals surface area contributed by atoms with Crippen LogP contribution in [0.25, 0.3) is 0 Å². The Morgan fingerprint density at radius 1 is 1.08 bits per heavy atom. The van der Waals surface area contributed by atoms with Gasteiger partial charge in [0.2, 0.25) is 6.36 Å². The third kappa shape index (κ3) is 1.57. The zero-order chi connectivity index (χ0) is 9.30. The van der Waals surface area contributed by atoms with Crippen molar-refractivity contribution in [3.63, 3.8) is 0 Å². The first-order valence-corrected chi connectivity index (χ1v) is 3.52. The van der Waals surface area contributed by atoms with E-state index < -0.39 is 37.4 Å². The molecule has 72 valence electrons. The van der Waals surface area contributed by atoms with E-state index in [2.05, 4.69) is 4.74 Å². The van der Waals surface area contributed by atoms with Crippen LogP contribution in [0, 0.1) is 0 Å². The van der Waals surface area contributed by atoms with Gasteiger partial charge in [0.05, 0.1) is 6.61 Å². The number of halogens is 1. The summed E-state index contributed by atoms with van der Waals surface area (Å²) >= 11 is 0. The molecule has 0 bridgehead atoms. The lowest BCUT2D eigenvalue weighted by atomic mass is 10.00. The largest absolute Gasteiger partial charge is 0.394 e. The van der Waals surface area contributed by atoms with Gasteiger partial charge in [-0.15, -0.1) is 0 Å². The number of ether oxygens (including phenoxy) is 1. The second-order valence-corrected chi connectivity index (χ2v) is 2.68. The maximum absolute atomic E-state index is 12.6. The summed E-state index contributed by atoms with van der Waals surface area (Å²) in [5.41, 5.74) is 0. The maximum Gasteiger partial charge on any atom is 0.228 e. The van der Waals surface area contributed by atoms with Crippen molar-refractivity contribution in [3.05, 3.63) is 0 Å². The third-order valence-corrected chi connectivity index (χ3v) is 1.83. The highest BCUT2D eigenvalue weighted by Crippen LogP contribution is 2.21. The van der Waals surface area contributed by atoms with Gasteiger partial charge in [-0.05, 0) is 0 Å². The zero-order valence-corrected chi connectivity index (χ0v) is 6.17. The molecule has 0 aliphatic carbocycles. The van der Waals surface area contributed by atoms with Crippen molar-refractivity contribution in [2.45, 2.75) is 30.8 Å². The van der Waals surface area contributed by atoms with Crippen molar-refractivity contribution >= 4 is 0 Å². The molecule has 1 fully saturated rings. The summed E-state index contributed by atoms with van der Waals surface area (Å²) < 4.78 is 16.9. The Bertz CT molecular complexity index is 150. The first-order chi connectivity index (χ1) is 5.57. The van der Waals surface area contributed by atoms with Gasteiger partial charge in [-0.2, -0.15) is 0 Å². The molecule has 0 amide bonds. The van der Waals surface area contributed by atoms with Crippen LogP contribution >= 0.6 is 0 Å².